The summed E-state index contributed by atoms with van der Waals surface area (Å²) in [6, 6.07) is 5.47. The van der Waals surface area contributed by atoms with Gasteiger partial charge in [-0.15, -0.1) is 0 Å². The topological polar surface area (TPSA) is 57.9 Å². The maximum Gasteiger partial charge on any atom is 0.198 e. The molecule has 0 unspecified atom stereocenters. The summed E-state index contributed by atoms with van der Waals surface area (Å²) < 4.78 is 5.31. The highest BCUT2D eigenvalue weighted by Crippen LogP contribution is 2.15. The molecule has 0 atom stereocenters. The van der Waals surface area contributed by atoms with Crippen LogP contribution in [0.4, 0.5) is 0 Å². The Kier molecular flexibility index (Phi) is 4.82. The van der Waals surface area contributed by atoms with E-state index in [4.69, 9.17) is 4.74 Å². The zero-order valence-corrected chi connectivity index (χ0v) is 12.6. The van der Waals surface area contributed by atoms with Crippen LogP contribution in [0.25, 0.3) is 12.2 Å². The molecule has 2 rings (SSSR count). The van der Waals surface area contributed by atoms with Gasteiger partial charge in [-0.05, 0) is 44.6 Å². The first-order valence-corrected chi connectivity index (χ1v) is 6.85. The third-order valence-electron chi connectivity index (χ3n) is 3.10. The first-order chi connectivity index (χ1) is 10.1. The number of nitrogens with one attached hydrogen (secondary N) is 2. The number of allylic oxidation sites excluding steroid dienone is 2. The Morgan fingerprint density at radius 3 is 2.67 bits per heavy atom. The minimum Gasteiger partial charge on any atom is -0.482 e. The number of hydrogen-bond donors (Lipinski definition) is 2. The molecule has 0 fully saturated rings. The van der Waals surface area contributed by atoms with Gasteiger partial charge in [0, 0.05) is 23.7 Å². The van der Waals surface area contributed by atoms with E-state index < -0.39 is 0 Å². The summed E-state index contributed by atoms with van der Waals surface area (Å²) in [5.74, 6) is 0.520. The van der Waals surface area contributed by atoms with Gasteiger partial charge >= 0.3 is 0 Å². The Bertz CT molecular complexity index is 703. The fourth-order valence-electron chi connectivity index (χ4n) is 1.97. The van der Waals surface area contributed by atoms with Gasteiger partial charge in [-0.25, -0.2) is 0 Å². The van der Waals surface area contributed by atoms with Crippen molar-refractivity contribution in [1.29, 1.82) is 0 Å². The second-order valence-electron chi connectivity index (χ2n) is 5.05. The molecule has 4 nitrogen and oxygen atoms in total. The van der Waals surface area contributed by atoms with Gasteiger partial charge in [-0.2, -0.15) is 0 Å². The summed E-state index contributed by atoms with van der Waals surface area (Å²) in [4.78, 5) is 18.4. The van der Waals surface area contributed by atoms with Crippen LogP contribution in [0.5, 0.6) is 5.88 Å². The molecule has 110 valence electrons. The summed E-state index contributed by atoms with van der Waals surface area (Å²) >= 11 is 0. The second-order valence-corrected chi connectivity index (χ2v) is 5.05. The standard InChI is InChI=1S/C17H20N2O2/c1-12(2)6-9-15-16(20)11-14(19-17(15)21-3)8-7-13-5-4-10-18-13/h4-8,10-11,18H,9H2,1-3H3,(H,19,20)/b8-7+. The maximum absolute atomic E-state index is 12.2. The number of pyridine rings is 1. The normalized spacial score (nSPS) is 10.8. The van der Waals surface area contributed by atoms with Crippen LogP contribution in [-0.2, 0) is 6.42 Å². The van der Waals surface area contributed by atoms with E-state index in [0.717, 1.165) is 5.69 Å². The predicted octanol–water partition coefficient (Wildman–Crippen LogP) is 3.39. The van der Waals surface area contributed by atoms with Gasteiger partial charge in [-0.1, -0.05) is 11.6 Å². The molecule has 0 bridgehead atoms. The fraction of sp³-hybridized carbons (Fsp3) is 0.235. The molecule has 0 amide bonds. The van der Waals surface area contributed by atoms with E-state index in [0.29, 0.717) is 23.6 Å². The van der Waals surface area contributed by atoms with Crippen LogP contribution in [-0.4, -0.2) is 17.1 Å². The Labute approximate surface area is 124 Å². The first kappa shape index (κ1) is 14.9. The molecular weight excluding hydrogens is 264 g/mol. The highest BCUT2D eigenvalue weighted by molar-refractivity contribution is 5.66. The van der Waals surface area contributed by atoms with Crippen molar-refractivity contribution in [2.24, 2.45) is 0 Å². The van der Waals surface area contributed by atoms with E-state index in [1.165, 1.54) is 5.57 Å². The van der Waals surface area contributed by atoms with Gasteiger partial charge < -0.3 is 14.7 Å². The average molecular weight is 284 g/mol. The van der Waals surface area contributed by atoms with Gasteiger partial charge in [0.25, 0.3) is 0 Å². The lowest BCUT2D eigenvalue weighted by Gasteiger charge is -2.07. The summed E-state index contributed by atoms with van der Waals surface area (Å²) in [6.45, 7) is 4.02. The molecule has 0 saturated heterocycles. The number of rotatable bonds is 5. The molecule has 0 spiro atoms. The van der Waals surface area contributed by atoms with Crippen molar-refractivity contribution in [2.45, 2.75) is 20.3 Å². The van der Waals surface area contributed by atoms with Gasteiger partial charge in [-0.3, -0.25) is 4.79 Å². The van der Waals surface area contributed by atoms with Crippen molar-refractivity contribution >= 4 is 12.2 Å². The first-order valence-electron chi connectivity index (χ1n) is 6.85. The van der Waals surface area contributed by atoms with Crippen molar-refractivity contribution in [2.75, 3.05) is 7.11 Å². The van der Waals surface area contributed by atoms with Crippen LogP contribution >= 0.6 is 0 Å². The molecule has 4 heteroatoms. The maximum atomic E-state index is 12.2. The number of hydrogen-bond acceptors (Lipinski definition) is 2. The molecule has 0 aliphatic heterocycles. The largest absolute Gasteiger partial charge is 0.482 e. The molecule has 2 N–H and O–H groups in total. The number of aromatic nitrogens is 2. The molecule has 0 aromatic carbocycles. The highest BCUT2D eigenvalue weighted by Gasteiger charge is 2.08. The molecule has 21 heavy (non-hydrogen) atoms. The number of aromatic amines is 2. The smallest absolute Gasteiger partial charge is 0.198 e. The summed E-state index contributed by atoms with van der Waals surface area (Å²) in [5, 5.41) is 0. The van der Waals surface area contributed by atoms with Crippen LogP contribution in [0.2, 0.25) is 0 Å². The SMILES string of the molecule is COc1[nH]c(/C=C/c2ccc[nH]2)cc(=O)c1CC=C(C)C. The van der Waals surface area contributed by atoms with Gasteiger partial charge in [0.2, 0.25) is 0 Å². The molecule has 2 aromatic rings. The lowest BCUT2D eigenvalue weighted by atomic mass is 10.1. The van der Waals surface area contributed by atoms with E-state index in [-0.39, 0.29) is 5.43 Å². The Morgan fingerprint density at radius 1 is 1.29 bits per heavy atom. The minimum atomic E-state index is -0.0192. The van der Waals surface area contributed by atoms with E-state index >= 15 is 0 Å². The van der Waals surface area contributed by atoms with Crippen LogP contribution in [0.3, 0.4) is 0 Å². The lowest BCUT2D eigenvalue weighted by molar-refractivity contribution is 0.392. The second kappa shape index (κ2) is 6.79. The van der Waals surface area contributed by atoms with Crippen LogP contribution in [0.1, 0.15) is 30.8 Å². The van der Waals surface area contributed by atoms with Crippen molar-refractivity contribution in [1.82, 2.24) is 9.97 Å². The van der Waals surface area contributed by atoms with E-state index in [1.54, 1.807) is 13.2 Å². The van der Waals surface area contributed by atoms with Crippen molar-refractivity contribution < 1.29 is 4.74 Å². The average Bonchev–Trinajstić information content (AvgIpc) is 2.96. The Hall–Kier alpha value is -2.49. The van der Waals surface area contributed by atoms with Crippen LogP contribution in [0.15, 0.2) is 40.8 Å². The molecule has 0 aliphatic carbocycles. The van der Waals surface area contributed by atoms with Gasteiger partial charge in [0.1, 0.15) is 0 Å². The van der Waals surface area contributed by atoms with Crippen LogP contribution < -0.4 is 10.2 Å². The monoisotopic (exact) mass is 284 g/mol. The van der Waals surface area contributed by atoms with E-state index in [1.807, 2.05) is 50.4 Å². The summed E-state index contributed by atoms with van der Waals surface area (Å²) in [6.07, 6.45) is 8.19. The summed E-state index contributed by atoms with van der Waals surface area (Å²) in [7, 11) is 1.57. The number of H-pyrrole nitrogens is 2. The zero-order chi connectivity index (χ0) is 15.2. The van der Waals surface area contributed by atoms with Gasteiger partial charge in [0.15, 0.2) is 11.3 Å². The van der Waals surface area contributed by atoms with E-state index in [2.05, 4.69) is 9.97 Å². The molecular formula is C17H20N2O2. The van der Waals surface area contributed by atoms with E-state index in [9.17, 15) is 4.79 Å². The summed E-state index contributed by atoms with van der Waals surface area (Å²) in [5.41, 5.74) is 3.49. The quantitative estimate of drug-likeness (QED) is 0.827. The zero-order valence-electron chi connectivity index (χ0n) is 12.6. The Morgan fingerprint density at radius 2 is 2.05 bits per heavy atom. The molecule has 0 saturated carbocycles. The molecule has 0 radical (unpaired) electrons. The van der Waals surface area contributed by atoms with Crippen molar-refractivity contribution in [3.63, 3.8) is 0 Å². The lowest BCUT2D eigenvalue weighted by Crippen LogP contribution is -2.12. The number of ether oxygens (including phenoxy) is 1. The Balaban J connectivity index is 2.32. The number of methoxy groups -OCH3 is 1. The predicted molar refractivity (Wildman–Crippen MR) is 86.5 cm³/mol. The molecule has 0 aliphatic rings. The fourth-order valence-corrected chi connectivity index (χ4v) is 1.97. The van der Waals surface area contributed by atoms with Crippen LogP contribution in [0, 0.1) is 0 Å². The minimum absolute atomic E-state index is 0.0192. The van der Waals surface area contributed by atoms with Gasteiger partial charge in [0.05, 0.1) is 12.7 Å². The molecule has 2 aromatic heterocycles. The third kappa shape index (κ3) is 3.99. The van der Waals surface area contributed by atoms with Crippen molar-refractivity contribution in [3.8, 4) is 5.88 Å². The molecule has 2 heterocycles. The highest BCUT2D eigenvalue weighted by atomic mass is 16.5. The van der Waals surface area contributed by atoms with Crippen molar-refractivity contribution in [3.05, 3.63) is 63.2 Å². The third-order valence-corrected chi connectivity index (χ3v) is 3.10.